The summed E-state index contributed by atoms with van der Waals surface area (Å²) in [5.41, 5.74) is 1.07. The molecule has 0 aromatic carbocycles. The van der Waals surface area contributed by atoms with Crippen LogP contribution in [0.15, 0.2) is 40.5 Å². The van der Waals surface area contributed by atoms with E-state index < -0.39 is 0 Å². The average Bonchev–Trinajstić information content (AvgIpc) is 3.23. The van der Waals surface area contributed by atoms with E-state index in [4.69, 9.17) is 0 Å². The Labute approximate surface area is 142 Å². The number of nitrogens with zero attached hydrogens (tertiary/aromatic N) is 3. The number of nitrogens with one attached hydrogen (secondary N) is 2. The van der Waals surface area contributed by atoms with Gasteiger partial charge in [0.1, 0.15) is 5.76 Å². The van der Waals surface area contributed by atoms with Gasteiger partial charge in [0.25, 0.3) is 11.3 Å². The van der Waals surface area contributed by atoms with Gasteiger partial charge in [0.15, 0.2) is 5.82 Å². The molecule has 3 N–H and O–H groups in total. The van der Waals surface area contributed by atoms with Gasteiger partial charge in [-0.3, -0.25) is 9.89 Å². The van der Waals surface area contributed by atoms with Crippen LogP contribution in [0, 0.1) is 0 Å². The first-order chi connectivity index (χ1) is 11.7. The van der Waals surface area contributed by atoms with E-state index in [1.54, 1.807) is 17.8 Å². The van der Waals surface area contributed by atoms with Crippen molar-refractivity contribution in [3.8, 4) is 0 Å². The Bertz CT molecular complexity index is 938. The number of aromatic amines is 1. The molecule has 0 radical (unpaired) electrons. The molecule has 24 heavy (non-hydrogen) atoms. The van der Waals surface area contributed by atoms with E-state index in [1.807, 2.05) is 6.08 Å². The van der Waals surface area contributed by atoms with E-state index in [1.165, 1.54) is 10.6 Å². The molecule has 0 fully saturated rings. The molecule has 0 bridgehead atoms. The van der Waals surface area contributed by atoms with Crippen molar-refractivity contribution in [1.82, 2.24) is 24.9 Å². The molecular weight excluding hydrogens is 326 g/mol. The smallest absolute Gasteiger partial charge is 0.274 e. The Morgan fingerprint density at radius 1 is 1.25 bits per heavy atom. The van der Waals surface area contributed by atoms with Crippen molar-refractivity contribution in [2.75, 3.05) is 5.75 Å². The summed E-state index contributed by atoms with van der Waals surface area (Å²) in [6.07, 6.45) is 8.57. The molecule has 7 nitrogen and oxygen atoms in total. The Morgan fingerprint density at radius 3 is 2.92 bits per heavy atom. The summed E-state index contributed by atoms with van der Waals surface area (Å²) in [6.45, 7) is 0.356. The predicted molar refractivity (Wildman–Crippen MR) is 93.5 cm³/mol. The van der Waals surface area contributed by atoms with Crippen LogP contribution in [-0.2, 0) is 6.54 Å². The zero-order chi connectivity index (χ0) is 16.5. The van der Waals surface area contributed by atoms with Gasteiger partial charge >= 0.3 is 0 Å². The van der Waals surface area contributed by atoms with Gasteiger partial charge in [0, 0.05) is 16.7 Å². The molecule has 0 saturated heterocycles. The molecule has 124 valence electrons. The van der Waals surface area contributed by atoms with Gasteiger partial charge < -0.3 is 10.4 Å². The van der Waals surface area contributed by atoms with Crippen LogP contribution in [0.1, 0.15) is 30.8 Å². The Morgan fingerprint density at radius 2 is 2.12 bits per heavy atom. The number of hydrogen-bond acceptors (Lipinski definition) is 6. The van der Waals surface area contributed by atoms with Crippen molar-refractivity contribution in [3.63, 3.8) is 0 Å². The normalized spacial score (nSPS) is 17.6. The summed E-state index contributed by atoms with van der Waals surface area (Å²) in [7, 11) is 0. The highest BCUT2D eigenvalue weighted by atomic mass is 32.2. The molecule has 0 saturated carbocycles. The number of rotatable bonds is 4. The van der Waals surface area contributed by atoms with E-state index >= 15 is 0 Å². The molecule has 0 unspecified atom stereocenters. The highest BCUT2D eigenvalue weighted by molar-refractivity contribution is 8.08. The van der Waals surface area contributed by atoms with Crippen LogP contribution in [-0.4, -0.2) is 30.4 Å². The number of aliphatic hydroxyl groups is 1. The number of thioether (sulfide) groups is 1. The first-order valence-corrected chi connectivity index (χ1v) is 8.85. The van der Waals surface area contributed by atoms with Crippen molar-refractivity contribution in [2.45, 2.75) is 25.8 Å². The zero-order valence-corrected chi connectivity index (χ0v) is 13.8. The van der Waals surface area contributed by atoms with Crippen LogP contribution < -0.4 is 10.9 Å². The molecule has 8 heteroatoms. The third-order valence-electron chi connectivity index (χ3n) is 3.91. The second-order valence-electron chi connectivity index (χ2n) is 5.64. The summed E-state index contributed by atoms with van der Waals surface area (Å²) < 4.78 is 1.36. The lowest BCUT2D eigenvalue weighted by atomic mass is 10.1. The maximum Gasteiger partial charge on any atom is 0.274 e. The Hall–Kier alpha value is -2.48. The molecule has 0 atom stereocenters. The molecule has 2 aliphatic rings. The fraction of sp³-hybridized carbons (Fsp3) is 0.312. The summed E-state index contributed by atoms with van der Waals surface area (Å²) in [6, 6.07) is 1.47. The third-order valence-corrected chi connectivity index (χ3v) is 5.02. The van der Waals surface area contributed by atoms with Crippen molar-refractivity contribution in [1.29, 1.82) is 0 Å². The Kier molecular flexibility index (Phi) is 3.89. The van der Waals surface area contributed by atoms with Crippen molar-refractivity contribution in [2.24, 2.45) is 0 Å². The lowest BCUT2D eigenvalue weighted by Gasteiger charge is -2.13. The quantitative estimate of drug-likeness (QED) is 0.787. The van der Waals surface area contributed by atoms with Crippen LogP contribution in [0.2, 0.25) is 0 Å². The van der Waals surface area contributed by atoms with E-state index in [-0.39, 0.29) is 11.3 Å². The van der Waals surface area contributed by atoms with Crippen molar-refractivity contribution in [3.05, 3.63) is 57.6 Å². The zero-order valence-electron chi connectivity index (χ0n) is 13.0. The second-order valence-corrected chi connectivity index (χ2v) is 6.77. The van der Waals surface area contributed by atoms with Gasteiger partial charge in [0.2, 0.25) is 0 Å². The van der Waals surface area contributed by atoms with Crippen LogP contribution in [0.3, 0.4) is 0 Å². The fourth-order valence-electron chi connectivity index (χ4n) is 2.72. The number of fused-ring (bicyclic) bond motifs is 1. The molecule has 1 aliphatic heterocycles. The lowest BCUT2D eigenvalue weighted by molar-refractivity contribution is 0.406. The third kappa shape index (κ3) is 2.84. The minimum Gasteiger partial charge on any atom is -0.506 e. The first kappa shape index (κ1) is 15.1. The molecule has 2 aromatic heterocycles. The minimum absolute atomic E-state index is 0.198. The van der Waals surface area contributed by atoms with Gasteiger partial charge in [-0.05, 0) is 25.3 Å². The van der Waals surface area contributed by atoms with Gasteiger partial charge in [-0.2, -0.15) is 9.50 Å². The van der Waals surface area contributed by atoms with E-state index in [9.17, 15) is 9.90 Å². The molecule has 3 heterocycles. The van der Waals surface area contributed by atoms with E-state index in [0.717, 1.165) is 29.9 Å². The summed E-state index contributed by atoms with van der Waals surface area (Å²) in [5.74, 6) is 2.32. The molecule has 4 rings (SSSR count). The van der Waals surface area contributed by atoms with Gasteiger partial charge in [-0.1, -0.05) is 12.2 Å². The van der Waals surface area contributed by atoms with Gasteiger partial charge in [0.05, 0.1) is 17.9 Å². The van der Waals surface area contributed by atoms with Gasteiger partial charge in [-0.15, -0.1) is 11.8 Å². The second kappa shape index (κ2) is 6.20. The number of aromatic nitrogens is 4. The van der Waals surface area contributed by atoms with Crippen LogP contribution in [0.5, 0.6) is 0 Å². The monoisotopic (exact) mass is 343 g/mol. The Balaban J connectivity index is 1.59. The van der Waals surface area contributed by atoms with Crippen molar-refractivity contribution >= 4 is 22.4 Å². The SMILES string of the molecule is O=c1cc(CNC2=CCCC=C2O)nc2nc(C3=CCCS3)[nH]n12. The molecular formula is C16H17N5O2S. The highest BCUT2D eigenvalue weighted by Gasteiger charge is 2.15. The topological polar surface area (TPSA) is 95.3 Å². The van der Waals surface area contributed by atoms with E-state index in [0.29, 0.717) is 29.5 Å². The maximum atomic E-state index is 12.3. The summed E-state index contributed by atoms with van der Waals surface area (Å²) in [5, 5.41) is 15.9. The average molecular weight is 343 g/mol. The molecule has 1 aliphatic carbocycles. The first-order valence-electron chi connectivity index (χ1n) is 7.86. The largest absolute Gasteiger partial charge is 0.506 e. The molecule has 0 spiro atoms. The standard InChI is InChI=1S/C16H17N5O2S/c22-12-5-2-1-4-11(12)17-9-10-8-14(23)21-16(18-10)19-15(20-21)13-6-3-7-24-13/h4-6,8,17,22H,1-3,7,9H2,(H,18,19,20). The summed E-state index contributed by atoms with van der Waals surface area (Å²) >= 11 is 1.72. The fourth-order valence-corrected chi connectivity index (χ4v) is 3.64. The van der Waals surface area contributed by atoms with Crippen LogP contribution in [0.25, 0.3) is 10.7 Å². The predicted octanol–water partition coefficient (Wildman–Crippen LogP) is 2.10. The number of hydrogen-bond donors (Lipinski definition) is 3. The van der Waals surface area contributed by atoms with Crippen LogP contribution in [0.4, 0.5) is 0 Å². The summed E-state index contributed by atoms with van der Waals surface area (Å²) in [4.78, 5) is 22.2. The lowest BCUT2D eigenvalue weighted by Crippen LogP contribution is -2.21. The minimum atomic E-state index is -0.198. The molecule has 0 amide bonds. The van der Waals surface area contributed by atoms with Crippen LogP contribution >= 0.6 is 11.8 Å². The number of allylic oxidation sites excluding steroid dienone is 3. The molecule has 2 aromatic rings. The number of H-pyrrole nitrogens is 1. The highest BCUT2D eigenvalue weighted by Crippen LogP contribution is 2.31. The van der Waals surface area contributed by atoms with E-state index in [2.05, 4.69) is 26.5 Å². The number of aliphatic hydroxyl groups excluding tert-OH is 1. The maximum absolute atomic E-state index is 12.3. The van der Waals surface area contributed by atoms with Gasteiger partial charge in [-0.25, -0.2) is 4.98 Å². The van der Waals surface area contributed by atoms with Crippen molar-refractivity contribution < 1.29 is 5.11 Å².